The largest absolute Gasteiger partial charge is 0.405 e. The molecule has 0 aliphatic heterocycles. The van der Waals surface area contributed by atoms with Gasteiger partial charge in [-0.2, -0.15) is 17.9 Å². The molecule has 148 valence electrons. The minimum Gasteiger partial charge on any atom is -0.207 e. The number of rotatable bonds is 6. The Hall–Kier alpha value is -1.22. The molecule has 0 aliphatic rings. The van der Waals surface area contributed by atoms with Gasteiger partial charge in [0.2, 0.25) is 10.0 Å². The Morgan fingerprint density at radius 1 is 1.11 bits per heavy atom. The zero-order chi connectivity index (χ0) is 20.4. The van der Waals surface area contributed by atoms with Gasteiger partial charge < -0.3 is 0 Å². The van der Waals surface area contributed by atoms with Crippen molar-refractivity contribution >= 4 is 33.4 Å². The van der Waals surface area contributed by atoms with E-state index in [2.05, 4.69) is 0 Å². The van der Waals surface area contributed by atoms with Gasteiger partial charge in [0.15, 0.2) is 0 Å². The van der Waals surface area contributed by atoms with E-state index in [1.165, 1.54) is 6.07 Å². The molecule has 2 aromatic rings. The molecule has 0 saturated carbocycles. The van der Waals surface area contributed by atoms with Gasteiger partial charge in [-0.3, -0.25) is 0 Å². The van der Waals surface area contributed by atoms with Crippen LogP contribution in [0.2, 0.25) is 5.02 Å². The van der Waals surface area contributed by atoms with Gasteiger partial charge in [-0.1, -0.05) is 35.4 Å². The Morgan fingerprint density at radius 3 is 2.22 bits per heavy atom. The average molecular weight is 438 g/mol. The molecule has 9 heteroatoms. The predicted octanol–water partition coefficient (Wildman–Crippen LogP) is 5.27. The molecule has 0 fully saturated rings. The summed E-state index contributed by atoms with van der Waals surface area (Å²) in [4.78, 5) is 0.411. The first-order valence-corrected chi connectivity index (χ1v) is 10.8. The minimum absolute atomic E-state index is 0.116. The lowest BCUT2D eigenvalue weighted by Crippen LogP contribution is -2.47. The lowest BCUT2D eigenvalue weighted by atomic mass is 10.1. The number of hydrogen-bond acceptors (Lipinski definition) is 3. The highest BCUT2D eigenvalue weighted by Gasteiger charge is 2.42. The predicted molar refractivity (Wildman–Crippen MR) is 103 cm³/mol. The number of aryl methyl sites for hydroxylation is 3. The van der Waals surface area contributed by atoms with Crippen LogP contribution in [0.5, 0.6) is 0 Å². The van der Waals surface area contributed by atoms with E-state index in [9.17, 15) is 21.6 Å². The van der Waals surface area contributed by atoms with Crippen molar-refractivity contribution in [2.24, 2.45) is 0 Å². The lowest BCUT2D eigenvalue weighted by Gasteiger charge is -2.22. The van der Waals surface area contributed by atoms with Gasteiger partial charge in [0.05, 0.1) is 4.90 Å². The fourth-order valence-electron chi connectivity index (χ4n) is 2.77. The van der Waals surface area contributed by atoms with Gasteiger partial charge in [0.25, 0.3) is 0 Å². The van der Waals surface area contributed by atoms with Gasteiger partial charge in [-0.25, -0.2) is 8.42 Å². The topological polar surface area (TPSA) is 46.2 Å². The molecule has 0 bridgehead atoms. The van der Waals surface area contributed by atoms with Gasteiger partial charge in [-0.05, 0) is 50.1 Å². The van der Waals surface area contributed by atoms with E-state index in [0.717, 1.165) is 17.3 Å². The van der Waals surface area contributed by atoms with Crippen molar-refractivity contribution in [2.75, 3.05) is 5.75 Å². The SMILES string of the molecule is Cc1cc(C)c(S(=O)(=O)NC(CSc2cccc(Cl)c2)C(F)(F)F)c(C)c1. The summed E-state index contributed by atoms with van der Waals surface area (Å²) in [5, 5.41) is 0.398. The molecule has 0 saturated heterocycles. The van der Waals surface area contributed by atoms with Crippen LogP contribution in [0.3, 0.4) is 0 Å². The summed E-state index contributed by atoms with van der Waals surface area (Å²) in [6.45, 7) is 4.93. The zero-order valence-corrected chi connectivity index (χ0v) is 17.3. The highest BCUT2D eigenvalue weighted by atomic mass is 35.5. The summed E-state index contributed by atoms with van der Waals surface area (Å²) < 4.78 is 67.5. The van der Waals surface area contributed by atoms with Crippen LogP contribution in [0.25, 0.3) is 0 Å². The first-order chi connectivity index (χ1) is 12.4. The number of halogens is 4. The van der Waals surface area contributed by atoms with E-state index in [0.29, 0.717) is 21.0 Å². The van der Waals surface area contributed by atoms with Crippen LogP contribution in [-0.4, -0.2) is 26.4 Å². The molecule has 2 aromatic carbocycles. The minimum atomic E-state index is -4.73. The van der Waals surface area contributed by atoms with Crippen LogP contribution in [0.4, 0.5) is 13.2 Å². The number of alkyl halides is 3. The second-order valence-corrected chi connectivity index (χ2v) is 9.39. The third-order valence-electron chi connectivity index (χ3n) is 3.78. The van der Waals surface area contributed by atoms with Gasteiger partial charge >= 0.3 is 6.18 Å². The molecule has 0 heterocycles. The fraction of sp³-hybridized carbons (Fsp3) is 0.333. The highest BCUT2D eigenvalue weighted by Crippen LogP contribution is 2.30. The van der Waals surface area contributed by atoms with E-state index in [1.807, 2.05) is 4.72 Å². The molecule has 3 nitrogen and oxygen atoms in total. The smallest absolute Gasteiger partial charge is 0.207 e. The Balaban J connectivity index is 2.28. The summed E-state index contributed by atoms with van der Waals surface area (Å²) in [5.74, 6) is -0.507. The van der Waals surface area contributed by atoms with Crippen molar-refractivity contribution in [2.45, 2.75) is 42.8 Å². The quantitative estimate of drug-likeness (QED) is 0.626. The molecule has 1 unspecified atom stereocenters. The lowest BCUT2D eigenvalue weighted by molar-refractivity contribution is -0.145. The maximum absolute atomic E-state index is 13.4. The molecule has 0 radical (unpaired) electrons. The first-order valence-electron chi connectivity index (χ1n) is 7.95. The van der Waals surface area contributed by atoms with Gasteiger partial charge in [-0.15, -0.1) is 11.8 Å². The molecular formula is C18H19ClF3NO2S2. The van der Waals surface area contributed by atoms with Crippen LogP contribution >= 0.6 is 23.4 Å². The fourth-order valence-corrected chi connectivity index (χ4v) is 5.82. The van der Waals surface area contributed by atoms with Crippen molar-refractivity contribution in [3.05, 3.63) is 58.1 Å². The summed E-state index contributed by atoms with van der Waals surface area (Å²) in [7, 11) is -4.34. The normalized spacial score (nSPS) is 13.6. The van der Waals surface area contributed by atoms with Crippen molar-refractivity contribution in [3.63, 3.8) is 0 Å². The molecular weight excluding hydrogens is 419 g/mol. The van der Waals surface area contributed by atoms with Crippen LogP contribution in [0.15, 0.2) is 46.2 Å². The zero-order valence-electron chi connectivity index (χ0n) is 14.9. The summed E-state index contributed by atoms with van der Waals surface area (Å²) in [6.07, 6.45) is -4.73. The first kappa shape index (κ1) is 22.1. The monoisotopic (exact) mass is 437 g/mol. The summed E-state index contributed by atoms with van der Waals surface area (Å²) >= 11 is 6.72. The summed E-state index contributed by atoms with van der Waals surface area (Å²) in [6, 6.07) is 7.41. The van der Waals surface area contributed by atoms with Crippen LogP contribution in [0, 0.1) is 20.8 Å². The van der Waals surface area contributed by atoms with E-state index < -0.39 is 28.0 Å². The van der Waals surface area contributed by atoms with Gasteiger partial charge in [0, 0.05) is 15.7 Å². The van der Waals surface area contributed by atoms with Gasteiger partial charge in [0.1, 0.15) is 6.04 Å². The number of nitrogens with one attached hydrogen (secondary N) is 1. The second kappa shape index (κ2) is 8.43. The average Bonchev–Trinajstić information content (AvgIpc) is 2.49. The van der Waals surface area contributed by atoms with Crippen molar-refractivity contribution in [1.29, 1.82) is 0 Å². The molecule has 2 rings (SSSR count). The van der Waals surface area contributed by atoms with Crippen molar-refractivity contribution in [3.8, 4) is 0 Å². The third kappa shape index (κ3) is 5.88. The Labute approximate surface area is 166 Å². The Kier molecular flexibility index (Phi) is 6.89. The van der Waals surface area contributed by atoms with E-state index in [1.54, 1.807) is 51.1 Å². The molecule has 0 amide bonds. The molecule has 1 N–H and O–H groups in total. The maximum Gasteiger partial charge on any atom is 0.405 e. The number of benzene rings is 2. The number of thioether (sulfide) groups is 1. The van der Waals surface area contributed by atoms with E-state index in [4.69, 9.17) is 11.6 Å². The van der Waals surface area contributed by atoms with E-state index in [-0.39, 0.29) is 4.90 Å². The summed E-state index contributed by atoms with van der Waals surface area (Å²) in [5.41, 5.74) is 1.65. The maximum atomic E-state index is 13.4. The standard InChI is InChI=1S/C18H19ClF3NO2S2/c1-11-7-12(2)17(13(3)8-11)27(24,25)23-16(18(20,21)22)10-26-15-6-4-5-14(19)9-15/h4-9,16,23H,10H2,1-3H3. The Morgan fingerprint density at radius 2 is 1.70 bits per heavy atom. The molecule has 0 spiro atoms. The number of hydrogen-bond donors (Lipinski definition) is 1. The highest BCUT2D eigenvalue weighted by molar-refractivity contribution is 7.99. The third-order valence-corrected chi connectivity index (χ3v) is 6.88. The molecule has 27 heavy (non-hydrogen) atoms. The van der Waals surface area contributed by atoms with E-state index >= 15 is 0 Å². The van der Waals surface area contributed by atoms with Crippen LogP contribution < -0.4 is 4.72 Å². The molecule has 0 aromatic heterocycles. The number of sulfonamides is 1. The second-order valence-electron chi connectivity index (χ2n) is 6.21. The molecule has 1 atom stereocenters. The van der Waals surface area contributed by atoms with Crippen LogP contribution in [0.1, 0.15) is 16.7 Å². The van der Waals surface area contributed by atoms with Crippen molar-refractivity contribution < 1.29 is 21.6 Å². The van der Waals surface area contributed by atoms with Crippen molar-refractivity contribution in [1.82, 2.24) is 4.72 Å². The van der Waals surface area contributed by atoms with Crippen LogP contribution in [-0.2, 0) is 10.0 Å². The Bertz CT molecular complexity index is 907. The molecule has 0 aliphatic carbocycles.